The fourth-order valence-corrected chi connectivity index (χ4v) is 2.56. The van der Waals surface area contributed by atoms with Crippen molar-refractivity contribution in [2.24, 2.45) is 11.8 Å². The summed E-state index contributed by atoms with van der Waals surface area (Å²) < 4.78 is 0. The lowest BCUT2D eigenvalue weighted by Gasteiger charge is -2.20. The SMILES string of the molecule is CCC(CC)C(C)C(=O)Nc1ccc(C(=O)NCCC(=O)O)cc1. The second-order valence-electron chi connectivity index (χ2n) is 5.83. The van der Waals surface area contributed by atoms with E-state index in [4.69, 9.17) is 5.11 Å². The molecule has 0 aliphatic rings. The molecule has 0 aliphatic carbocycles. The summed E-state index contributed by atoms with van der Waals surface area (Å²) in [5.74, 6) is -1.04. The number of carboxylic acid groups (broad SMARTS) is 1. The van der Waals surface area contributed by atoms with Gasteiger partial charge in [-0.25, -0.2) is 0 Å². The maximum atomic E-state index is 12.2. The van der Waals surface area contributed by atoms with Crippen LogP contribution in [0.5, 0.6) is 0 Å². The van der Waals surface area contributed by atoms with E-state index in [0.29, 0.717) is 17.2 Å². The molecule has 1 atom stereocenters. The van der Waals surface area contributed by atoms with E-state index in [1.54, 1.807) is 24.3 Å². The molecule has 3 N–H and O–H groups in total. The molecule has 0 spiro atoms. The summed E-state index contributed by atoms with van der Waals surface area (Å²) in [5.41, 5.74) is 1.06. The smallest absolute Gasteiger partial charge is 0.305 e. The lowest BCUT2D eigenvalue weighted by Crippen LogP contribution is -2.27. The minimum Gasteiger partial charge on any atom is -0.481 e. The maximum absolute atomic E-state index is 12.2. The van der Waals surface area contributed by atoms with Crippen LogP contribution in [0.2, 0.25) is 0 Å². The van der Waals surface area contributed by atoms with Crippen molar-refractivity contribution >= 4 is 23.5 Å². The fourth-order valence-electron chi connectivity index (χ4n) is 2.56. The van der Waals surface area contributed by atoms with Crippen LogP contribution in [0.25, 0.3) is 0 Å². The van der Waals surface area contributed by atoms with Gasteiger partial charge >= 0.3 is 5.97 Å². The molecule has 0 saturated carbocycles. The van der Waals surface area contributed by atoms with Gasteiger partial charge in [-0.3, -0.25) is 14.4 Å². The molecule has 0 radical (unpaired) electrons. The molecule has 0 saturated heterocycles. The monoisotopic (exact) mass is 334 g/mol. The van der Waals surface area contributed by atoms with Crippen molar-refractivity contribution in [3.05, 3.63) is 29.8 Å². The first-order valence-corrected chi connectivity index (χ1v) is 8.29. The lowest BCUT2D eigenvalue weighted by molar-refractivity contribution is -0.136. The average Bonchev–Trinajstić information content (AvgIpc) is 2.56. The number of aliphatic carboxylic acids is 1. The van der Waals surface area contributed by atoms with Crippen LogP contribution in [0.3, 0.4) is 0 Å². The van der Waals surface area contributed by atoms with Crippen molar-refractivity contribution in [2.45, 2.75) is 40.0 Å². The van der Waals surface area contributed by atoms with Crippen molar-refractivity contribution in [1.82, 2.24) is 5.32 Å². The second-order valence-corrected chi connectivity index (χ2v) is 5.83. The summed E-state index contributed by atoms with van der Waals surface area (Å²) in [6, 6.07) is 6.55. The lowest BCUT2D eigenvalue weighted by atomic mass is 9.88. The highest BCUT2D eigenvalue weighted by molar-refractivity contribution is 5.96. The van der Waals surface area contributed by atoms with Crippen molar-refractivity contribution < 1.29 is 19.5 Å². The predicted octanol–water partition coefficient (Wildman–Crippen LogP) is 2.90. The fraction of sp³-hybridized carbons (Fsp3) is 0.500. The van der Waals surface area contributed by atoms with Gasteiger partial charge in [0.2, 0.25) is 5.91 Å². The van der Waals surface area contributed by atoms with Crippen LogP contribution in [-0.2, 0) is 9.59 Å². The van der Waals surface area contributed by atoms with Gasteiger partial charge in [0.05, 0.1) is 6.42 Å². The largest absolute Gasteiger partial charge is 0.481 e. The molecule has 6 nitrogen and oxygen atoms in total. The van der Waals surface area contributed by atoms with Gasteiger partial charge in [-0.15, -0.1) is 0 Å². The van der Waals surface area contributed by atoms with Crippen LogP contribution < -0.4 is 10.6 Å². The molecule has 0 heterocycles. The Labute approximate surface area is 142 Å². The van der Waals surface area contributed by atoms with Gasteiger partial charge in [0.25, 0.3) is 5.91 Å². The Morgan fingerprint density at radius 2 is 1.67 bits per heavy atom. The number of carboxylic acids is 1. The molecule has 0 fully saturated rings. The summed E-state index contributed by atoms with van der Waals surface area (Å²) in [6.07, 6.45) is 1.80. The zero-order chi connectivity index (χ0) is 18.1. The Balaban J connectivity index is 2.59. The molecule has 1 rings (SSSR count). The number of benzene rings is 1. The van der Waals surface area contributed by atoms with Gasteiger partial charge in [-0.1, -0.05) is 33.6 Å². The van der Waals surface area contributed by atoms with Gasteiger partial charge in [0.1, 0.15) is 0 Å². The Morgan fingerprint density at radius 3 is 2.17 bits per heavy atom. The third kappa shape index (κ3) is 6.02. The number of hydrogen-bond acceptors (Lipinski definition) is 3. The topological polar surface area (TPSA) is 95.5 Å². The van der Waals surface area contributed by atoms with Crippen LogP contribution in [0.4, 0.5) is 5.69 Å². The number of carbonyl (C=O) groups excluding carboxylic acids is 2. The molecule has 24 heavy (non-hydrogen) atoms. The van der Waals surface area contributed by atoms with Crippen molar-refractivity contribution in [1.29, 1.82) is 0 Å². The molecular weight excluding hydrogens is 308 g/mol. The summed E-state index contributed by atoms with van der Waals surface area (Å²) in [7, 11) is 0. The summed E-state index contributed by atoms with van der Waals surface area (Å²) in [4.78, 5) is 34.5. The highest BCUT2D eigenvalue weighted by Crippen LogP contribution is 2.21. The van der Waals surface area contributed by atoms with Crippen LogP contribution in [0, 0.1) is 11.8 Å². The van der Waals surface area contributed by atoms with Gasteiger partial charge in [0.15, 0.2) is 0 Å². The Bertz CT molecular complexity index is 565. The Morgan fingerprint density at radius 1 is 1.08 bits per heavy atom. The van der Waals surface area contributed by atoms with Gasteiger partial charge in [-0.05, 0) is 30.2 Å². The molecule has 1 aromatic carbocycles. The van der Waals surface area contributed by atoms with Crippen molar-refractivity contribution in [3.63, 3.8) is 0 Å². The van der Waals surface area contributed by atoms with Gasteiger partial charge in [-0.2, -0.15) is 0 Å². The first-order valence-electron chi connectivity index (χ1n) is 8.29. The normalized spacial score (nSPS) is 11.8. The van der Waals surface area contributed by atoms with Crippen LogP contribution in [0.15, 0.2) is 24.3 Å². The first kappa shape index (κ1) is 19.7. The van der Waals surface area contributed by atoms with E-state index in [-0.39, 0.29) is 30.7 Å². The minimum atomic E-state index is -0.958. The van der Waals surface area contributed by atoms with E-state index in [9.17, 15) is 14.4 Å². The third-order valence-corrected chi connectivity index (χ3v) is 4.21. The molecular formula is C18H26N2O4. The molecule has 0 aliphatic heterocycles. The first-order chi connectivity index (χ1) is 11.4. The molecule has 132 valence electrons. The van der Waals surface area contributed by atoms with Gasteiger partial charge in [0, 0.05) is 23.7 Å². The zero-order valence-corrected chi connectivity index (χ0v) is 14.5. The summed E-state index contributed by atoms with van der Waals surface area (Å²) in [5, 5.41) is 13.9. The minimum absolute atomic E-state index is 0.0256. The number of amides is 2. The molecule has 6 heteroatoms. The molecule has 0 bridgehead atoms. The number of carbonyl (C=O) groups is 3. The van der Waals surface area contributed by atoms with E-state index < -0.39 is 5.97 Å². The van der Waals surface area contributed by atoms with E-state index >= 15 is 0 Å². The van der Waals surface area contributed by atoms with Crippen LogP contribution in [-0.4, -0.2) is 29.4 Å². The summed E-state index contributed by atoms with van der Waals surface area (Å²) >= 11 is 0. The third-order valence-electron chi connectivity index (χ3n) is 4.21. The maximum Gasteiger partial charge on any atom is 0.305 e. The van der Waals surface area contributed by atoms with E-state index in [2.05, 4.69) is 24.5 Å². The zero-order valence-electron chi connectivity index (χ0n) is 14.5. The van der Waals surface area contributed by atoms with E-state index in [1.165, 1.54) is 0 Å². The molecule has 0 aromatic heterocycles. The van der Waals surface area contributed by atoms with Crippen molar-refractivity contribution in [2.75, 3.05) is 11.9 Å². The second kappa shape index (κ2) is 9.70. The highest BCUT2D eigenvalue weighted by atomic mass is 16.4. The summed E-state index contributed by atoms with van der Waals surface area (Å²) in [6.45, 7) is 6.17. The number of nitrogens with one attached hydrogen (secondary N) is 2. The highest BCUT2D eigenvalue weighted by Gasteiger charge is 2.21. The molecule has 2 amide bonds. The van der Waals surface area contributed by atoms with E-state index in [1.807, 2.05) is 6.92 Å². The predicted molar refractivity (Wildman–Crippen MR) is 92.9 cm³/mol. The Kier molecular flexibility index (Phi) is 7.95. The Hall–Kier alpha value is -2.37. The van der Waals surface area contributed by atoms with Crippen LogP contribution in [0.1, 0.15) is 50.4 Å². The standard InChI is InChI=1S/C18H26N2O4/c1-4-13(5-2)12(3)17(23)20-15-8-6-14(7-9-15)18(24)19-11-10-16(21)22/h6-9,12-13H,4-5,10-11H2,1-3H3,(H,19,24)(H,20,23)(H,21,22). The van der Waals surface area contributed by atoms with Crippen molar-refractivity contribution in [3.8, 4) is 0 Å². The number of anilines is 1. The van der Waals surface area contributed by atoms with Gasteiger partial charge < -0.3 is 15.7 Å². The van der Waals surface area contributed by atoms with Crippen LogP contribution >= 0.6 is 0 Å². The quantitative estimate of drug-likeness (QED) is 0.647. The number of hydrogen-bond donors (Lipinski definition) is 3. The molecule has 1 aromatic rings. The average molecular weight is 334 g/mol. The number of rotatable bonds is 9. The van der Waals surface area contributed by atoms with E-state index in [0.717, 1.165) is 12.8 Å². The molecule has 1 unspecified atom stereocenters.